The predicted octanol–water partition coefficient (Wildman–Crippen LogP) is 2.93. The smallest absolute Gasteiger partial charge is 0.0991 e. The van der Waals surface area contributed by atoms with Gasteiger partial charge in [0.05, 0.1) is 17.7 Å². The highest BCUT2D eigenvalue weighted by atomic mass is 16.5. The topological polar surface area (TPSA) is 45.0 Å². The van der Waals surface area contributed by atoms with Crippen LogP contribution in [-0.2, 0) is 4.74 Å². The summed E-state index contributed by atoms with van der Waals surface area (Å²) >= 11 is 0. The average Bonchev–Trinajstić information content (AvgIpc) is 2.82. The summed E-state index contributed by atoms with van der Waals surface area (Å²) < 4.78 is 5.61. The number of nitriles is 1. The first-order valence-corrected chi connectivity index (χ1v) is 6.16. The molecule has 3 heteroatoms. The van der Waals surface area contributed by atoms with Gasteiger partial charge in [-0.05, 0) is 50.5 Å². The summed E-state index contributed by atoms with van der Waals surface area (Å²) in [6.45, 7) is 3.08. The Labute approximate surface area is 102 Å². The van der Waals surface area contributed by atoms with Crippen LogP contribution in [0.25, 0.3) is 0 Å². The zero-order valence-corrected chi connectivity index (χ0v) is 10.1. The minimum absolute atomic E-state index is 0.394. The van der Waals surface area contributed by atoms with Gasteiger partial charge in [0.25, 0.3) is 0 Å². The molecule has 1 aliphatic rings. The van der Waals surface area contributed by atoms with E-state index in [0.717, 1.165) is 18.7 Å². The van der Waals surface area contributed by atoms with Crippen LogP contribution in [0, 0.1) is 11.3 Å². The van der Waals surface area contributed by atoms with Crippen molar-refractivity contribution >= 4 is 5.69 Å². The van der Waals surface area contributed by atoms with E-state index in [1.165, 1.54) is 12.8 Å². The van der Waals surface area contributed by atoms with Gasteiger partial charge in [-0.1, -0.05) is 0 Å². The molecule has 0 spiro atoms. The summed E-state index contributed by atoms with van der Waals surface area (Å²) in [5, 5.41) is 12.1. The zero-order chi connectivity index (χ0) is 12.1. The molecule has 0 aliphatic carbocycles. The molecule has 1 aromatic carbocycles. The van der Waals surface area contributed by atoms with Crippen LogP contribution in [0.4, 0.5) is 5.69 Å². The van der Waals surface area contributed by atoms with Crippen molar-refractivity contribution in [1.29, 1.82) is 5.26 Å². The van der Waals surface area contributed by atoms with Crippen molar-refractivity contribution in [2.45, 2.75) is 38.3 Å². The van der Waals surface area contributed by atoms with E-state index in [1.54, 1.807) is 0 Å². The molecular weight excluding hydrogens is 212 g/mol. The lowest BCUT2D eigenvalue weighted by Gasteiger charge is -2.18. The van der Waals surface area contributed by atoms with Gasteiger partial charge in [-0.15, -0.1) is 0 Å². The lowest BCUT2D eigenvalue weighted by molar-refractivity contribution is 0.101. The first kappa shape index (κ1) is 11.9. The summed E-state index contributed by atoms with van der Waals surface area (Å²) in [5.74, 6) is 0. The first-order valence-electron chi connectivity index (χ1n) is 6.16. The maximum atomic E-state index is 8.71. The Bertz CT molecular complexity index is 388. The number of benzene rings is 1. The fourth-order valence-electron chi connectivity index (χ4n) is 2.21. The lowest BCUT2D eigenvalue weighted by Crippen LogP contribution is -2.21. The number of anilines is 1. The van der Waals surface area contributed by atoms with E-state index in [4.69, 9.17) is 10.00 Å². The number of nitrogens with zero attached hydrogens (tertiary/aromatic N) is 1. The summed E-state index contributed by atoms with van der Waals surface area (Å²) in [4.78, 5) is 0. The van der Waals surface area contributed by atoms with E-state index < -0.39 is 0 Å². The Balaban J connectivity index is 1.84. The number of hydrogen-bond donors (Lipinski definition) is 1. The minimum Gasteiger partial charge on any atom is -0.382 e. The number of hydrogen-bond acceptors (Lipinski definition) is 3. The molecule has 3 nitrogen and oxygen atoms in total. The molecule has 0 amide bonds. The third-order valence-electron chi connectivity index (χ3n) is 3.07. The summed E-state index contributed by atoms with van der Waals surface area (Å²) in [6.07, 6.45) is 3.82. The van der Waals surface area contributed by atoms with Crippen LogP contribution in [-0.4, -0.2) is 18.8 Å². The van der Waals surface area contributed by atoms with Gasteiger partial charge in [0.15, 0.2) is 0 Å². The molecule has 1 saturated heterocycles. The maximum Gasteiger partial charge on any atom is 0.0991 e. The highest BCUT2D eigenvalue weighted by Gasteiger charge is 2.18. The molecule has 2 rings (SSSR count). The molecule has 1 heterocycles. The largest absolute Gasteiger partial charge is 0.382 e. The van der Waals surface area contributed by atoms with Gasteiger partial charge < -0.3 is 10.1 Å². The number of rotatable bonds is 4. The Morgan fingerprint density at radius 1 is 1.47 bits per heavy atom. The normalized spacial score (nSPS) is 20.8. The Morgan fingerprint density at radius 2 is 2.24 bits per heavy atom. The van der Waals surface area contributed by atoms with Crippen LogP contribution in [0.1, 0.15) is 31.7 Å². The van der Waals surface area contributed by atoms with Gasteiger partial charge in [-0.2, -0.15) is 5.26 Å². The van der Waals surface area contributed by atoms with Gasteiger partial charge in [0.1, 0.15) is 0 Å². The fourth-order valence-corrected chi connectivity index (χ4v) is 2.21. The van der Waals surface area contributed by atoms with E-state index in [-0.39, 0.29) is 0 Å². The van der Waals surface area contributed by atoms with Crippen molar-refractivity contribution in [2.75, 3.05) is 11.9 Å². The van der Waals surface area contributed by atoms with Crippen LogP contribution in [0.15, 0.2) is 24.3 Å². The van der Waals surface area contributed by atoms with Crippen molar-refractivity contribution in [3.63, 3.8) is 0 Å². The third kappa shape index (κ3) is 3.47. The summed E-state index contributed by atoms with van der Waals surface area (Å²) in [6, 6.07) is 10.1. The van der Waals surface area contributed by atoms with Crippen LogP contribution < -0.4 is 5.32 Å². The van der Waals surface area contributed by atoms with Crippen molar-refractivity contribution in [2.24, 2.45) is 0 Å². The van der Waals surface area contributed by atoms with E-state index in [2.05, 4.69) is 18.3 Å². The van der Waals surface area contributed by atoms with Crippen LogP contribution in [0.5, 0.6) is 0 Å². The molecule has 17 heavy (non-hydrogen) atoms. The quantitative estimate of drug-likeness (QED) is 0.865. The highest BCUT2D eigenvalue weighted by molar-refractivity contribution is 5.47. The molecule has 90 valence electrons. The van der Waals surface area contributed by atoms with E-state index in [9.17, 15) is 0 Å². The Morgan fingerprint density at radius 3 is 2.82 bits per heavy atom. The van der Waals surface area contributed by atoms with Crippen LogP contribution in [0.3, 0.4) is 0 Å². The van der Waals surface area contributed by atoms with Crippen LogP contribution >= 0.6 is 0 Å². The second-order valence-corrected chi connectivity index (χ2v) is 4.61. The maximum absolute atomic E-state index is 8.71. The molecule has 2 unspecified atom stereocenters. The Kier molecular flexibility index (Phi) is 4.00. The molecule has 2 atom stereocenters. The molecule has 0 saturated carbocycles. The van der Waals surface area contributed by atoms with Gasteiger partial charge in [-0.25, -0.2) is 0 Å². The molecule has 1 fully saturated rings. The number of nitrogens with one attached hydrogen (secondary N) is 1. The second kappa shape index (κ2) is 5.70. The van der Waals surface area contributed by atoms with E-state index in [0.29, 0.717) is 17.7 Å². The van der Waals surface area contributed by atoms with Crippen molar-refractivity contribution in [3.8, 4) is 6.07 Å². The monoisotopic (exact) mass is 230 g/mol. The van der Waals surface area contributed by atoms with E-state index >= 15 is 0 Å². The second-order valence-electron chi connectivity index (χ2n) is 4.61. The van der Waals surface area contributed by atoms with Gasteiger partial charge in [-0.3, -0.25) is 0 Å². The van der Waals surface area contributed by atoms with Gasteiger partial charge in [0.2, 0.25) is 0 Å². The first-order chi connectivity index (χ1) is 8.28. The highest BCUT2D eigenvalue weighted by Crippen LogP contribution is 2.19. The van der Waals surface area contributed by atoms with Crippen LogP contribution in [0.2, 0.25) is 0 Å². The van der Waals surface area contributed by atoms with Gasteiger partial charge >= 0.3 is 0 Å². The third-order valence-corrected chi connectivity index (χ3v) is 3.07. The molecule has 1 N–H and O–H groups in total. The van der Waals surface area contributed by atoms with Crippen molar-refractivity contribution in [3.05, 3.63) is 29.8 Å². The van der Waals surface area contributed by atoms with Gasteiger partial charge in [0, 0.05) is 18.3 Å². The van der Waals surface area contributed by atoms with E-state index in [1.807, 2.05) is 24.3 Å². The molecular formula is C14H18N2O. The predicted molar refractivity (Wildman–Crippen MR) is 67.8 cm³/mol. The fraction of sp³-hybridized carbons (Fsp3) is 0.500. The summed E-state index contributed by atoms with van der Waals surface area (Å²) in [7, 11) is 0. The molecule has 0 aromatic heterocycles. The minimum atomic E-state index is 0.394. The Hall–Kier alpha value is -1.53. The molecule has 1 aromatic rings. The molecule has 0 bridgehead atoms. The standard InChI is InChI=1S/C14H18N2O/c1-11(9-14-3-2-8-17-14)16-13-6-4-12(10-15)5-7-13/h4-7,11,14,16H,2-3,8-9H2,1H3. The van der Waals surface area contributed by atoms with Crippen molar-refractivity contribution < 1.29 is 4.74 Å². The average molecular weight is 230 g/mol. The SMILES string of the molecule is CC(CC1CCCO1)Nc1ccc(C#N)cc1. The zero-order valence-electron chi connectivity index (χ0n) is 10.1. The number of ether oxygens (including phenoxy) is 1. The summed E-state index contributed by atoms with van der Waals surface area (Å²) in [5.41, 5.74) is 1.76. The lowest BCUT2D eigenvalue weighted by atomic mass is 10.1. The molecule has 1 aliphatic heterocycles. The molecule has 0 radical (unpaired) electrons. The van der Waals surface area contributed by atoms with Crippen molar-refractivity contribution in [1.82, 2.24) is 0 Å².